The van der Waals surface area contributed by atoms with E-state index in [1.54, 1.807) is 0 Å². The summed E-state index contributed by atoms with van der Waals surface area (Å²) in [6.07, 6.45) is 5.60. The summed E-state index contributed by atoms with van der Waals surface area (Å²) in [6.45, 7) is 4.64. The molecule has 0 bridgehead atoms. The van der Waals surface area contributed by atoms with Crippen LogP contribution in [0.3, 0.4) is 0 Å². The lowest BCUT2D eigenvalue weighted by Gasteiger charge is -2.36. The van der Waals surface area contributed by atoms with Crippen molar-refractivity contribution in [3.8, 4) is 0 Å². The number of likely N-dealkylation sites (tertiary alicyclic amines) is 1. The van der Waals surface area contributed by atoms with Gasteiger partial charge in [-0.3, -0.25) is 4.79 Å². The highest BCUT2D eigenvalue weighted by molar-refractivity contribution is 5.79. The molecule has 2 atom stereocenters. The summed E-state index contributed by atoms with van der Waals surface area (Å²) < 4.78 is 0. The number of carbonyl (C=O) groups excluding carboxylic acids is 1. The van der Waals surface area contributed by atoms with Gasteiger partial charge in [-0.1, -0.05) is 36.8 Å². The van der Waals surface area contributed by atoms with Gasteiger partial charge in [-0.15, -0.1) is 0 Å². The maximum absolute atomic E-state index is 12.8. The van der Waals surface area contributed by atoms with E-state index in [0.717, 1.165) is 51.9 Å². The van der Waals surface area contributed by atoms with Crippen LogP contribution in [0.4, 0.5) is 0 Å². The number of hydrogen-bond donors (Lipinski definition) is 1. The molecule has 1 amide bonds. The van der Waals surface area contributed by atoms with Gasteiger partial charge in [-0.2, -0.15) is 0 Å². The Morgan fingerprint density at radius 1 is 1.16 bits per heavy atom. The normalized spacial score (nSPS) is 24.8. The molecule has 0 spiro atoms. The zero-order valence-corrected chi connectivity index (χ0v) is 15.6. The van der Waals surface area contributed by atoms with E-state index in [-0.39, 0.29) is 5.92 Å². The molecule has 1 aliphatic heterocycles. The van der Waals surface area contributed by atoms with E-state index < -0.39 is 0 Å². The Balaban J connectivity index is 1.43. The fourth-order valence-electron chi connectivity index (χ4n) is 4.61. The number of nitrogens with two attached hydrogens (primary N) is 1. The van der Waals surface area contributed by atoms with Crippen LogP contribution in [-0.2, 0) is 11.3 Å². The minimum absolute atomic E-state index is 0.197. The van der Waals surface area contributed by atoms with Gasteiger partial charge in [0.25, 0.3) is 0 Å². The molecule has 2 N–H and O–H groups in total. The topological polar surface area (TPSA) is 49.6 Å². The zero-order valence-electron chi connectivity index (χ0n) is 15.6. The smallest absolute Gasteiger partial charge is 0.226 e. The van der Waals surface area contributed by atoms with E-state index in [1.165, 1.54) is 12.0 Å². The maximum atomic E-state index is 12.8. The van der Waals surface area contributed by atoms with Crippen molar-refractivity contribution < 1.29 is 4.79 Å². The third-order valence-electron chi connectivity index (χ3n) is 6.07. The monoisotopic (exact) mass is 343 g/mol. The summed E-state index contributed by atoms with van der Waals surface area (Å²) in [4.78, 5) is 17.3. The highest BCUT2D eigenvalue weighted by Gasteiger charge is 2.35. The predicted molar refractivity (Wildman–Crippen MR) is 102 cm³/mol. The number of hydrogen-bond acceptors (Lipinski definition) is 3. The summed E-state index contributed by atoms with van der Waals surface area (Å²) in [7, 11) is 2.20. The molecule has 1 saturated carbocycles. The van der Waals surface area contributed by atoms with E-state index in [1.807, 2.05) is 0 Å². The lowest BCUT2D eigenvalue weighted by atomic mass is 9.91. The van der Waals surface area contributed by atoms with E-state index in [9.17, 15) is 4.79 Å². The summed E-state index contributed by atoms with van der Waals surface area (Å²) in [6, 6.07) is 10.6. The van der Waals surface area contributed by atoms with Crippen LogP contribution >= 0.6 is 0 Å². The van der Waals surface area contributed by atoms with E-state index in [0.29, 0.717) is 24.3 Å². The second-order valence-corrected chi connectivity index (χ2v) is 7.98. The number of nitrogens with zero attached hydrogens (tertiary/aromatic N) is 2. The van der Waals surface area contributed by atoms with Gasteiger partial charge in [0.15, 0.2) is 0 Å². The molecular weight excluding hydrogens is 310 g/mol. The molecule has 0 unspecified atom stereocenters. The minimum atomic E-state index is 0.197. The van der Waals surface area contributed by atoms with Crippen LogP contribution in [0.5, 0.6) is 0 Å². The van der Waals surface area contributed by atoms with Crippen LogP contribution in [0.2, 0.25) is 0 Å². The van der Waals surface area contributed by atoms with E-state index >= 15 is 0 Å². The molecule has 4 heteroatoms. The van der Waals surface area contributed by atoms with E-state index in [2.05, 4.69) is 47.2 Å². The van der Waals surface area contributed by atoms with Gasteiger partial charge in [-0.25, -0.2) is 0 Å². The minimum Gasteiger partial charge on any atom is -0.342 e. The summed E-state index contributed by atoms with van der Waals surface area (Å²) in [5.74, 6) is 1.69. The first-order valence-electron chi connectivity index (χ1n) is 9.88. The number of rotatable bonds is 6. The molecule has 4 nitrogen and oxygen atoms in total. The second-order valence-electron chi connectivity index (χ2n) is 7.98. The molecule has 25 heavy (non-hydrogen) atoms. The first kappa shape index (κ1) is 18.4. The van der Waals surface area contributed by atoms with E-state index in [4.69, 9.17) is 5.73 Å². The van der Waals surface area contributed by atoms with Crippen molar-refractivity contribution in [3.63, 3.8) is 0 Å². The Bertz CT molecular complexity index is 539. The summed E-state index contributed by atoms with van der Waals surface area (Å²) in [5, 5.41) is 0. The number of carbonyl (C=O) groups is 1. The van der Waals surface area contributed by atoms with Crippen molar-refractivity contribution in [1.29, 1.82) is 0 Å². The third-order valence-corrected chi connectivity index (χ3v) is 6.07. The van der Waals surface area contributed by atoms with Crippen molar-refractivity contribution in [3.05, 3.63) is 35.9 Å². The van der Waals surface area contributed by atoms with Gasteiger partial charge in [0.2, 0.25) is 5.91 Å². The Morgan fingerprint density at radius 3 is 2.56 bits per heavy atom. The van der Waals surface area contributed by atoms with Crippen LogP contribution in [0.15, 0.2) is 30.3 Å². The molecule has 1 heterocycles. The molecule has 0 radical (unpaired) electrons. The predicted octanol–water partition coefficient (Wildman–Crippen LogP) is 2.73. The third kappa shape index (κ3) is 4.83. The Hall–Kier alpha value is -1.39. The molecule has 2 aliphatic rings. The molecule has 1 aliphatic carbocycles. The average molecular weight is 344 g/mol. The van der Waals surface area contributed by atoms with Crippen molar-refractivity contribution in [2.45, 2.75) is 38.6 Å². The molecule has 0 aromatic heterocycles. The van der Waals surface area contributed by atoms with Crippen molar-refractivity contribution in [2.75, 3.05) is 33.2 Å². The van der Waals surface area contributed by atoms with Crippen LogP contribution in [-0.4, -0.2) is 48.9 Å². The fraction of sp³-hybridized carbons (Fsp3) is 0.667. The van der Waals surface area contributed by atoms with Crippen molar-refractivity contribution in [2.24, 2.45) is 23.5 Å². The lowest BCUT2D eigenvalue weighted by molar-refractivity contribution is -0.138. The quantitative estimate of drug-likeness (QED) is 0.864. The van der Waals surface area contributed by atoms with Crippen LogP contribution in [0.25, 0.3) is 0 Å². The lowest BCUT2D eigenvalue weighted by Crippen LogP contribution is -2.44. The van der Waals surface area contributed by atoms with Gasteiger partial charge in [0.05, 0.1) is 0 Å². The van der Waals surface area contributed by atoms with Gasteiger partial charge in [0.1, 0.15) is 0 Å². The molecule has 1 aromatic carbocycles. The standard InChI is InChI=1S/C21H33N3O/c1-23(15-17-6-3-2-4-7-17)16-18-10-12-24(13-11-18)21(25)20-9-5-8-19(20)14-22/h2-4,6-7,18-20H,5,8-16,22H2,1H3/t19-,20-/m1/s1. The van der Waals surface area contributed by atoms with Crippen LogP contribution in [0.1, 0.15) is 37.7 Å². The highest BCUT2D eigenvalue weighted by Crippen LogP contribution is 2.33. The van der Waals surface area contributed by atoms with Gasteiger partial charge < -0.3 is 15.5 Å². The molecule has 138 valence electrons. The highest BCUT2D eigenvalue weighted by atomic mass is 16.2. The van der Waals surface area contributed by atoms with Gasteiger partial charge in [0, 0.05) is 32.1 Å². The van der Waals surface area contributed by atoms with Crippen LogP contribution in [0, 0.1) is 17.8 Å². The second kappa shape index (κ2) is 8.81. The first-order valence-corrected chi connectivity index (χ1v) is 9.88. The van der Waals surface area contributed by atoms with Crippen molar-refractivity contribution >= 4 is 5.91 Å². The molecule has 1 aromatic rings. The number of benzene rings is 1. The Labute approximate surface area is 152 Å². The Morgan fingerprint density at radius 2 is 1.88 bits per heavy atom. The summed E-state index contributed by atoms with van der Waals surface area (Å²) >= 11 is 0. The maximum Gasteiger partial charge on any atom is 0.226 e. The molecular formula is C21H33N3O. The van der Waals surface area contributed by atoms with Crippen molar-refractivity contribution in [1.82, 2.24) is 9.80 Å². The van der Waals surface area contributed by atoms with Gasteiger partial charge >= 0.3 is 0 Å². The first-order chi connectivity index (χ1) is 12.2. The van der Waals surface area contributed by atoms with Gasteiger partial charge in [-0.05, 0) is 56.7 Å². The average Bonchev–Trinajstić information content (AvgIpc) is 3.11. The zero-order chi connectivity index (χ0) is 17.6. The largest absolute Gasteiger partial charge is 0.342 e. The fourth-order valence-corrected chi connectivity index (χ4v) is 4.61. The molecule has 1 saturated heterocycles. The molecule has 2 fully saturated rings. The van der Waals surface area contributed by atoms with Crippen LogP contribution < -0.4 is 5.73 Å². The summed E-state index contributed by atoms with van der Waals surface area (Å²) in [5.41, 5.74) is 7.22. The number of amides is 1. The number of piperidine rings is 1. The SMILES string of the molecule is CN(Cc1ccccc1)CC1CCN(C(=O)[C@@H]2CCC[C@@H]2CN)CC1. The Kier molecular flexibility index (Phi) is 6.49. The molecule has 3 rings (SSSR count).